The molecule has 4 rings (SSSR count). The van der Waals surface area contributed by atoms with Gasteiger partial charge in [-0.15, -0.1) is 10.2 Å². The standard InChI is InChI=1S/C16H11N3O2S/c20-15-10-13(12-7-4-8-21-12)22-16-18-17-14(19(15)16)9-11-5-2-1-3-6-11/h1-8,10H,9H2. The second kappa shape index (κ2) is 5.23. The maximum atomic E-state index is 12.4. The molecule has 0 atom stereocenters. The Hall–Kier alpha value is -2.73. The van der Waals surface area contributed by atoms with Crippen LogP contribution in [0.15, 0.2) is 64.0 Å². The zero-order valence-corrected chi connectivity index (χ0v) is 12.3. The van der Waals surface area contributed by atoms with Gasteiger partial charge in [0.05, 0.1) is 11.1 Å². The summed E-state index contributed by atoms with van der Waals surface area (Å²) in [5.74, 6) is 1.31. The molecule has 0 aliphatic heterocycles. The van der Waals surface area contributed by atoms with Crippen molar-refractivity contribution in [3.8, 4) is 10.6 Å². The summed E-state index contributed by atoms with van der Waals surface area (Å²) < 4.78 is 6.90. The molecule has 3 aromatic heterocycles. The molecule has 0 aliphatic rings. The van der Waals surface area contributed by atoms with E-state index in [1.165, 1.54) is 11.3 Å². The van der Waals surface area contributed by atoms with Crippen molar-refractivity contribution >= 4 is 16.3 Å². The summed E-state index contributed by atoms with van der Waals surface area (Å²) in [5, 5.41) is 8.30. The smallest absolute Gasteiger partial charge is 0.259 e. The Balaban J connectivity index is 1.81. The number of nitrogens with zero attached hydrogens (tertiary/aromatic N) is 3. The van der Waals surface area contributed by atoms with E-state index in [0.29, 0.717) is 23.0 Å². The van der Waals surface area contributed by atoms with E-state index < -0.39 is 0 Å². The highest BCUT2D eigenvalue weighted by molar-refractivity contribution is 7.19. The maximum Gasteiger partial charge on any atom is 0.259 e. The van der Waals surface area contributed by atoms with Crippen LogP contribution in [0.3, 0.4) is 0 Å². The van der Waals surface area contributed by atoms with Crippen molar-refractivity contribution < 1.29 is 4.42 Å². The predicted octanol–water partition coefficient (Wildman–Crippen LogP) is 3.00. The van der Waals surface area contributed by atoms with Crippen LogP contribution in [0, 0.1) is 0 Å². The highest BCUT2D eigenvalue weighted by atomic mass is 32.1. The van der Waals surface area contributed by atoms with Crippen molar-refractivity contribution in [1.82, 2.24) is 14.6 Å². The second-order valence-electron chi connectivity index (χ2n) is 4.82. The monoisotopic (exact) mass is 309 g/mol. The third kappa shape index (κ3) is 2.23. The molecule has 0 radical (unpaired) electrons. The molecule has 108 valence electrons. The van der Waals surface area contributed by atoms with Crippen molar-refractivity contribution in [3.63, 3.8) is 0 Å². The Labute approximate surface area is 129 Å². The van der Waals surface area contributed by atoms with Gasteiger partial charge in [-0.1, -0.05) is 41.7 Å². The van der Waals surface area contributed by atoms with Crippen molar-refractivity contribution in [3.05, 3.63) is 76.5 Å². The highest BCUT2D eigenvalue weighted by Crippen LogP contribution is 2.25. The molecule has 5 nitrogen and oxygen atoms in total. The summed E-state index contributed by atoms with van der Waals surface area (Å²) in [6.07, 6.45) is 2.16. The summed E-state index contributed by atoms with van der Waals surface area (Å²) in [5.41, 5.74) is 0.951. The third-order valence-corrected chi connectivity index (χ3v) is 4.33. The zero-order chi connectivity index (χ0) is 14.9. The molecular formula is C16H11N3O2S. The lowest BCUT2D eigenvalue weighted by Gasteiger charge is -2.00. The minimum absolute atomic E-state index is 0.143. The molecule has 1 aromatic carbocycles. The first-order chi connectivity index (χ1) is 10.8. The van der Waals surface area contributed by atoms with Gasteiger partial charge in [0.1, 0.15) is 11.6 Å². The predicted molar refractivity (Wildman–Crippen MR) is 84.1 cm³/mol. The fourth-order valence-electron chi connectivity index (χ4n) is 2.33. The fourth-order valence-corrected chi connectivity index (χ4v) is 3.27. The number of furan rings is 1. The molecule has 6 heteroatoms. The van der Waals surface area contributed by atoms with Gasteiger partial charge in [-0.2, -0.15) is 0 Å². The van der Waals surface area contributed by atoms with Gasteiger partial charge in [0.2, 0.25) is 4.96 Å². The average molecular weight is 309 g/mol. The molecule has 0 fully saturated rings. The maximum absolute atomic E-state index is 12.4. The molecule has 0 amide bonds. The first kappa shape index (κ1) is 13.0. The Morgan fingerprint density at radius 1 is 1.09 bits per heavy atom. The van der Waals surface area contributed by atoms with Crippen LogP contribution in [0.1, 0.15) is 11.4 Å². The Morgan fingerprint density at radius 2 is 1.95 bits per heavy atom. The molecule has 0 N–H and O–H groups in total. The molecule has 0 aliphatic carbocycles. The number of aromatic nitrogens is 3. The molecule has 3 heterocycles. The summed E-state index contributed by atoms with van der Waals surface area (Å²) in [6, 6.07) is 15.1. The van der Waals surface area contributed by atoms with Crippen LogP contribution in [0.4, 0.5) is 0 Å². The lowest BCUT2D eigenvalue weighted by atomic mass is 10.1. The lowest BCUT2D eigenvalue weighted by Crippen LogP contribution is -2.13. The summed E-state index contributed by atoms with van der Waals surface area (Å²) in [4.78, 5) is 13.7. The fraction of sp³-hybridized carbons (Fsp3) is 0.0625. The van der Waals surface area contributed by atoms with Gasteiger partial charge in [0, 0.05) is 12.5 Å². The quantitative estimate of drug-likeness (QED) is 0.583. The average Bonchev–Trinajstić information content (AvgIpc) is 3.18. The van der Waals surface area contributed by atoms with E-state index in [4.69, 9.17) is 4.42 Å². The molecule has 0 unspecified atom stereocenters. The summed E-state index contributed by atoms with van der Waals surface area (Å²) in [7, 11) is 0. The minimum atomic E-state index is -0.143. The third-order valence-electron chi connectivity index (χ3n) is 3.35. The van der Waals surface area contributed by atoms with Crippen molar-refractivity contribution in [1.29, 1.82) is 0 Å². The van der Waals surface area contributed by atoms with Gasteiger partial charge in [-0.25, -0.2) is 4.40 Å². The van der Waals surface area contributed by atoms with Crippen molar-refractivity contribution in [2.75, 3.05) is 0 Å². The van der Waals surface area contributed by atoms with Gasteiger partial charge < -0.3 is 4.42 Å². The van der Waals surface area contributed by atoms with E-state index in [1.807, 2.05) is 36.4 Å². The normalized spacial score (nSPS) is 11.1. The van der Waals surface area contributed by atoms with Gasteiger partial charge in [0.25, 0.3) is 5.56 Å². The van der Waals surface area contributed by atoms with Crippen LogP contribution >= 0.6 is 11.3 Å². The molecule has 0 bridgehead atoms. The number of benzene rings is 1. The van der Waals surface area contributed by atoms with Crippen LogP contribution in [0.25, 0.3) is 15.6 Å². The van der Waals surface area contributed by atoms with Crippen LogP contribution < -0.4 is 5.56 Å². The van der Waals surface area contributed by atoms with Crippen molar-refractivity contribution in [2.45, 2.75) is 6.42 Å². The number of rotatable bonds is 3. The number of fused-ring (bicyclic) bond motifs is 1. The van der Waals surface area contributed by atoms with Crippen LogP contribution in [0.2, 0.25) is 0 Å². The van der Waals surface area contributed by atoms with Gasteiger partial charge >= 0.3 is 0 Å². The Morgan fingerprint density at radius 3 is 2.73 bits per heavy atom. The summed E-state index contributed by atoms with van der Waals surface area (Å²) in [6.45, 7) is 0. The molecule has 22 heavy (non-hydrogen) atoms. The molecular weight excluding hydrogens is 298 g/mol. The molecule has 0 spiro atoms. The lowest BCUT2D eigenvalue weighted by molar-refractivity contribution is 0.583. The van der Waals surface area contributed by atoms with E-state index in [2.05, 4.69) is 10.2 Å². The number of hydrogen-bond donors (Lipinski definition) is 0. The van der Waals surface area contributed by atoms with E-state index in [-0.39, 0.29) is 5.56 Å². The second-order valence-corrected chi connectivity index (χ2v) is 5.83. The number of hydrogen-bond acceptors (Lipinski definition) is 5. The summed E-state index contributed by atoms with van der Waals surface area (Å²) >= 11 is 1.39. The van der Waals surface area contributed by atoms with Crippen LogP contribution in [0.5, 0.6) is 0 Å². The Kier molecular flexibility index (Phi) is 3.08. The Bertz CT molecular complexity index is 972. The van der Waals surface area contributed by atoms with Crippen LogP contribution in [-0.4, -0.2) is 14.6 Å². The van der Waals surface area contributed by atoms with Crippen molar-refractivity contribution in [2.24, 2.45) is 0 Å². The van der Waals surface area contributed by atoms with Gasteiger partial charge in [0.15, 0.2) is 0 Å². The molecule has 0 saturated carbocycles. The van der Waals surface area contributed by atoms with E-state index in [9.17, 15) is 4.79 Å². The first-order valence-corrected chi connectivity index (χ1v) is 7.59. The largest absolute Gasteiger partial charge is 0.464 e. The first-order valence-electron chi connectivity index (χ1n) is 6.77. The highest BCUT2D eigenvalue weighted by Gasteiger charge is 2.13. The topological polar surface area (TPSA) is 60.4 Å². The van der Waals surface area contributed by atoms with Gasteiger partial charge in [-0.3, -0.25) is 4.79 Å². The van der Waals surface area contributed by atoms with Gasteiger partial charge in [-0.05, 0) is 17.7 Å². The molecule has 4 aromatic rings. The van der Waals surface area contributed by atoms with E-state index in [0.717, 1.165) is 10.4 Å². The van der Waals surface area contributed by atoms with E-state index >= 15 is 0 Å². The zero-order valence-electron chi connectivity index (χ0n) is 11.5. The van der Waals surface area contributed by atoms with E-state index in [1.54, 1.807) is 22.8 Å². The SMILES string of the molecule is O=c1cc(-c2ccco2)sc2nnc(Cc3ccccc3)n12. The molecule has 0 saturated heterocycles. The minimum Gasteiger partial charge on any atom is -0.464 e. The van der Waals surface area contributed by atoms with Crippen LogP contribution in [-0.2, 0) is 6.42 Å².